The van der Waals surface area contributed by atoms with Crippen LogP contribution in [0.4, 0.5) is 0 Å². The molecule has 0 aliphatic heterocycles. The lowest BCUT2D eigenvalue weighted by molar-refractivity contribution is 0.795. The molecule has 0 radical (unpaired) electrons. The topological polar surface area (TPSA) is 56.7 Å². The van der Waals surface area contributed by atoms with Gasteiger partial charge in [-0.25, -0.2) is 9.67 Å². The maximum absolute atomic E-state index is 5.58. The first-order valence-corrected chi connectivity index (χ1v) is 5.31. The Kier molecular flexibility index (Phi) is 2.75. The van der Waals surface area contributed by atoms with Gasteiger partial charge in [-0.15, -0.1) is 0 Å². The molecular formula is C12H16N4. The van der Waals surface area contributed by atoms with E-state index in [2.05, 4.69) is 16.1 Å². The van der Waals surface area contributed by atoms with Gasteiger partial charge in [0.2, 0.25) is 0 Å². The van der Waals surface area contributed by atoms with E-state index < -0.39 is 0 Å². The van der Waals surface area contributed by atoms with Crippen molar-refractivity contribution < 1.29 is 0 Å². The zero-order chi connectivity index (χ0) is 11.7. The van der Waals surface area contributed by atoms with Crippen molar-refractivity contribution in [2.24, 2.45) is 5.73 Å². The zero-order valence-electron chi connectivity index (χ0n) is 9.86. The van der Waals surface area contributed by atoms with Crippen molar-refractivity contribution in [3.63, 3.8) is 0 Å². The zero-order valence-corrected chi connectivity index (χ0v) is 9.86. The van der Waals surface area contributed by atoms with Crippen LogP contribution in [0.25, 0.3) is 5.82 Å². The molecule has 4 heteroatoms. The highest BCUT2D eigenvalue weighted by atomic mass is 15.3. The number of pyridine rings is 1. The van der Waals surface area contributed by atoms with Crippen molar-refractivity contribution in [2.45, 2.75) is 27.3 Å². The van der Waals surface area contributed by atoms with Crippen LogP contribution in [0, 0.1) is 20.8 Å². The van der Waals surface area contributed by atoms with E-state index in [1.165, 1.54) is 0 Å². The van der Waals surface area contributed by atoms with Gasteiger partial charge in [-0.1, -0.05) is 0 Å². The van der Waals surface area contributed by atoms with Crippen molar-refractivity contribution in [2.75, 3.05) is 0 Å². The average molecular weight is 216 g/mol. The SMILES string of the molecule is Cc1cc(C)n(-c2ncc(CN)cc2C)n1. The molecule has 0 atom stereocenters. The third-order valence-corrected chi connectivity index (χ3v) is 2.55. The number of aryl methyl sites for hydroxylation is 3. The van der Waals surface area contributed by atoms with Crippen LogP contribution in [0.15, 0.2) is 18.3 Å². The van der Waals surface area contributed by atoms with Gasteiger partial charge >= 0.3 is 0 Å². The van der Waals surface area contributed by atoms with Crippen molar-refractivity contribution in [1.29, 1.82) is 0 Å². The predicted octanol–water partition coefficient (Wildman–Crippen LogP) is 1.65. The van der Waals surface area contributed by atoms with Crippen LogP contribution in [0.3, 0.4) is 0 Å². The van der Waals surface area contributed by atoms with Gasteiger partial charge < -0.3 is 5.73 Å². The monoisotopic (exact) mass is 216 g/mol. The molecule has 0 spiro atoms. The van der Waals surface area contributed by atoms with E-state index in [0.717, 1.165) is 28.3 Å². The van der Waals surface area contributed by atoms with Gasteiger partial charge in [0.1, 0.15) is 0 Å². The molecule has 0 saturated heterocycles. The normalized spacial score (nSPS) is 10.8. The molecular weight excluding hydrogens is 200 g/mol. The summed E-state index contributed by atoms with van der Waals surface area (Å²) in [5.41, 5.74) is 9.81. The first kappa shape index (κ1) is 10.8. The molecule has 2 heterocycles. The molecule has 0 unspecified atom stereocenters. The Morgan fingerprint density at radius 1 is 1.25 bits per heavy atom. The molecule has 2 aromatic heterocycles. The number of nitrogens with zero attached hydrogens (tertiary/aromatic N) is 3. The van der Waals surface area contributed by atoms with Gasteiger partial charge in [-0.2, -0.15) is 5.10 Å². The highest BCUT2D eigenvalue weighted by molar-refractivity contribution is 5.36. The third-order valence-electron chi connectivity index (χ3n) is 2.55. The minimum atomic E-state index is 0.519. The molecule has 0 aliphatic carbocycles. The standard InChI is InChI=1S/C12H16N4/c1-8-4-11(6-13)7-14-12(8)16-10(3)5-9(2)15-16/h4-5,7H,6,13H2,1-3H3. The molecule has 2 aromatic rings. The lowest BCUT2D eigenvalue weighted by Crippen LogP contribution is -2.06. The predicted molar refractivity (Wildman–Crippen MR) is 63.5 cm³/mol. The van der Waals surface area contributed by atoms with Crippen LogP contribution >= 0.6 is 0 Å². The summed E-state index contributed by atoms with van der Waals surface area (Å²) in [5.74, 6) is 0.878. The first-order valence-electron chi connectivity index (χ1n) is 5.31. The number of hydrogen-bond donors (Lipinski definition) is 1. The number of rotatable bonds is 2. The summed E-state index contributed by atoms with van der Waals surface area (Å²) in [6.07, 6.45) is 1.80. The van der Waals surface area contributed by atoms with Gasteiger partial charge in [0.25, 0.3) is 0 Å². The Bertz CT molecular complexity index is 514. The molecule has 0 saturated carbocycles. The fraction of sp³-hybridized carbons (Fsp3) is 0.333. The number of hydrogen-bond acceptors (Lipinski definition) is 3. The Labute approximate surface area is 95.1 Å². The van der Waals surface area contributed by atoms with Crippen molar-refractivity contribution in [1.82, 2.24) is 14.8 Å². The second kappa shape index (κ2) is 4.06. The molecule has 0 aliphatic rings. The summed E-state index contributed by atoms with van der Waals surface area (Å²) in [5, 5.41) is 4.42. The summed E-state index contributed by atoms with van der Waals surface area (Å²) >= 11 is 0. The molecule has 0 amide bonds. The van der Waals surface area contributed by atoms with E-state index in [4.69, 9.17) is 5.73 Å². The largest absolute Gasteiger partial charge is 0.326 e. The Balaban J connectivity index is 2.52. The van der Waals surface area contributed by atoms with Gasteiger partial charge in [0.05, 0.1) is 5.69 Å². The second-order valence-corrected chi connectivity index (χ2v) is 4.03. The molecule has 0 bridgehead atoms. The molecule has 84 valence electrons. The van der Waals surface area contributed by atoms with Crippen LogP contribution in [0.1, 0.15) is 22.5 Å². The van der Waals surface area contributed by atoms with Crippen LogP contribution < -0.4 is 5.73 Å². The second-order valence-electron chi connectivity index (χ2n) is 4.03. The van der Waals surface area contributed by atoms with Gasteiger partial charge in [-0.3, -0.25) is 0 Å². The van der Waals surface area contributed by atoms with Crippen LogP contribution in [-0.4, -0.2) is 14.8 Å². The molecule has 2 rings (SSSR count). The molecule has 2 N–H and O–H groups in total. The van der Waals surface area contributed by atoms with Crippen LogP contribution in [-0.2, 0) is 6.54 Å². The van der Waals surface area contributed by atoms with Crippen molar-refractivity contribution >= 4 is 0 Å². The summed E-state index contributed by atoms with van der Waals surface area (Å²) in [7, 11) is 0. The quantitative estimate of drug-likeness (QED) is 0.830. The lowest BCUT2D eigenvalue weighted by Gasteiger charge is -2.08. The Morgan fingerprint density at radius 2 is 2.00 bits per heavy atom. The number of nitrogens with two attached hydrogens (primary N) is 1. The van der Waals surface area contributed by atoms with E-state index in [1.54, 1.807) is 6.20 Å². The van der Waals surface area contributed by atoms with E-state index in [0.29, 0.717) is 6.54 Å². The minimum Gasteiger partial charge on any atom is -0.326 e. The van der Waals surface area contributed by atoms with Crippen molar-refractivity contribution in [3.8, 4) is 5.82 Å². The smallest absolute Gasteiger partial charge is 0.156 e. The fourth-order valence-electron chi connectivity index (χ4n) is 1.80. The van der Waals surface area contributed by atoms with E-state index in [1.807, 2.05) is 31.5 Å². The van der Waals surface area contributed by atoms with Crippen molar-refractivity contribution in [3.05, 3.63) is 40.8 Å². The van der Waals surface area contributed by atoms with Gasteiger partial charge in [-0.05, 0) is 44.0 Å². The highest BCUT2D eigenvalue weighted by Crippen LogP contribution is 2.14. The minimum absolute atomic E-state index is 0.519. The third kappa shape index (κ3) is 1.84. The Hall–Kier alpha value is -1.68. The van der Waals surface area contributed by atoms with Gasteiger partial charge in [0.15, 0.2) is 5.82 Å². The molecule has 0 fully saturated rings. The van der Waals surface area contributed by atoms with E-state index >= 15 is 0 Å². The van der Waals surface area contributed by atoms with E-state index in [9.17, 15) is 0 Å². The summed E-state index contributed by atoms with van der Waals surface area (Å²) in [6.45, 7) is 6.55. The fourth-order valence-corrected chi connectivity index (χ4v) is 1.80. The summed E-state index contributed by atoms with van der Waals surface area (Å²) in [4.78, 5) is 4.41. The summed E-state index contributed by atoms with van der Waals surface area (Å²) in [6, 6.07) is 4.09. The maximum atomic E-state index is 5.58. The number of aromatic nitrogens is 3. The van der Waals surface area contributed by atoms with Crippen LogP contribution in [0.2, 0.25) is 0 Å². The molecule has 16 heavy (non-hydrogen) atoms. The molecule has 0 aromatic carbocycles. The lowest BCUT2D eigenvalue weighted by atomic mass is 10.2. The Morgan fingerprint density at radius 3 is 2.50 bits per heavy atom. The molecule has 4 nitrogen and oxygen atoms in total. The van der Waals surface area contributed by atoms with Crippen LogP contribution in [0.5, 0.6) is 0 Å². The average Bonchev–Trinajstić information content (AvgIpc) is 2.57. The summed E-state index contributed by atoms with van der Waals surface area (Å²) < 4.78 is 1.87. The maximum Gasteiger partial charge on any atom is 0.156 e. The highest BCUT2D eigenvalue weighted by Gasteiger charge is 2.08. The van der Waals surface area contributed by atoms with Gasteiger partial charge in [0, 0.05) is 18.4 Å². The van der Waals surface area contributed by atoms with E-state index in [-0.39, 0.29) is 0 Å². The first-order chi connectivity index (χ1) is 7.61.